The Morgan fingerprint density at radius 3 is 2.43 bits per heavy atom. The van der Waals surface area contributed by atoms with E-state index in [2.05, 4.69) is 12.1 Å². The third kappa shape index (κ3) is 2.19. The Bertz CT molecular complexity index is 438. The predicted molar refractivity (Wildman–Crippen MR) is 63.0 cm³/mol. The lowest BCUT2D eigenvalue weighted by Gasteiger charge is -1.82. The predicted octanol–water partition coefficient (Wildman–Crippen LogP) is 3.79. The number of hydrogen-bond acceptors (Lipinski definition) is 3. The second-order valence-electron chi connectivity index (χ2n) is 2.71. The van der Waals surface area contributed by atoms with Gasteiger partial charge < -0.3 is 0 Å². The molecule has 0 atom stereocenters. The monoisotopic (exact) mass is 220 g/mol. The maximum Gasteiger partial charge on any atom is 0.160 e. The topological polar surface area (TPSA) is 17.1 Å². The van der Waals surface area contributed by atoms with Gasteiger partial charge in [-0.15, -0.1) is 22.7 Å². The van der Waals surface area contributed by atoms with Crippen molar-refractivity contribution in [2.75, 3.05) is 0 Å². The normalized spacial score (nSPS) is 10.9. The van der Waals surface area contributed by atoms with E-state index in [4.69, 9.17) is 0 Å². The molecule has 0 aliphatic carbocycles. The lowest BCUT2D eigenvalue weighted by Crippen LogP contribution is -1.62. The number of hydrogen-bond donors (Lipinski definition) is 0. The molecular formula is C11H8OS2. The largest absolute Gasteiger partial charge is 0.297 e. The Hall–Kier alpha value is -1.19. The smallest absolute Gasteiger partial charge is 0.160 e. The van der Waals surface area contributed by atoms with Crippen molar-refractivity contribution in [1.29, 1.82) is 0 Å². The lowest BCUT2D eigenvalue weighted by molar-refractivity contribution is 0.112. The van der Waals surface area contributed by atoms with Gasteiger partial charge in [-0.05, 0) is 35.7 Å². The fourth-order valence-corrected chi connectivity index (χ4v) is 2.42. The van der Waals surface area contributed by atoms with Gasteiger partial charge in [0.1, 0.15) is 0 Å². The Morgan fingerprint density at radius 1 is 1.00 bits per heavy atom. The Kier molecular flexibility index (Phi) is 2.91. The van der Waals surface area contributed by atoms with Gasteiger partial charge in [-0.25, -0.2) is 0 Å². The Balaban J connectivity index is 2.14. The summed E-state index contributed by atoms with van der Waals surface area (Å²) < 4.78 is 0. The third-order valence-electron chi connectivity index (χ3n) is 1.72. The molecule has 2 heterocycles. The molecular weight excluding hydrogens is 212 g/mol. The summed E-state index contributed by atoms with van der Waals surface area (Å²) in [5.41, 5.74) is 0. The summed E-state index contributed by atoms with van der Waals surface area (Å²) in [7, 11) is 0. The van der Waals surface area contributed by atoms with Gasteiger partial charge in [0.05, 0.1) is 4.88 Å². The highest BCUT2D eigenvalue weighted by Crippen LogP contribution is 2.19. The SMILES string of the molecule is O=Cc1ccc(C=Cc2cccs2)s1. The average Bonchev–Trinajstić information content (AvgIpc) is 2.86. The van der Waals surface area contributed by atoms with Gasteiger partial charge in [0.25, 0.3) is 0 Å². The molecule has 0 aliphatic heterocycles. The molecule has 2 rings (SSSR count). The second-order valence-corrected chi connectivity index (χ2v) is 4.83. The number of carbonyl (C=O) groups is 1. The van der Waals surface area contributed by atoms with Crippen molar-refractivity contribution in [3.8, 4) is 0 Å². The molecule has 2 aromatic rings. The molecule has 0 amide bonds. The fraction of sp³-hybridized carbons (Fsp3) is 0. The Morgan fingerprint density at radius 2 is 1.79 bits per heavy atom. The van der Waals surface area contributed by atoms with E-state index in [1.165, 1.54) is 16.2 Å². The van der Waals surface area contributed by atoms with E-state index in [1.807, 2.05) is 29.7 Å². The van der Waals surface area contributed by atoms with Gasteiger partial charge in [-0.2, -0.15) is 0 Å². The Labute approximate surface area is 90.3 Å². The van der Waals surface area contributed by atoms with Gasteiger partial charge in [0, 0.05) is 9.75 Å². The minimum Gasteiger partial charge on any atom is -0.297 e. The first-order chi connectivity index (χ1) is 6.88. The molecule has 14 heavy (non-hydrogen) atoms. The number of thiophene rings is 2. The van der Waals surface area contributed by atoms with Crippen molar-refractivity contribution in [2.45, 2.75) is 0 Å². The van der Waals surface area contributed by atoms with E-state index in [9.17, 15) is 4.79 Å². The van der Waals surface area contributed by atoms with Crippen molar-refractivity contribution >= 4 is 41.1 Å². The van der Waals surface area contributed by atoms with Crippen LogP contribution in [0.4, 0.5) is 0 Å². The number of carbonyl (C=O) groups excluding carboxylic acids is 1. The molecule has 70 valence electrons. The molecule has 0 fully saturated rings. The maximum absolute atomic E-state index is 10.4. The van der Waals surface area contributed by atoms with Crippen LogP contribution in [0.1, 0.15) is 19.4 Å². The third-order valence-corrected chi connectivity index (χ3v) is 3.53. The van der Waals surface area contributed by atoms with Crippen molar-refractivity contribution in [3.05, 3.63) is 44.3 Å². The van der Waals surface area contributed by atoms with Crippen LogP contribution in [0.15, 0.2) is 29.6 Å². The summed E-state index contributed by atoms with van der Waals surface area (Å²) in [6.45, 7) is 0. The molecule has 0 unspecified atom stereocenters. The van der Waals surface area contributed by atoms with Crippen LogP contribution < -0.4 is 0 Å². The standard InChI is InChI=1S/C11H8OS2/c12-8-11-6-5-10(14-11)4-3-9-2-1-7-13-9/h1-8H. The lowest BCUT2D eigenvalue weighted by atomic mass is 10.3. The van der Waals surface area contributed by atoms with Crippen molar-refractivity contribution < 1.29 is 4.79 Å². The first kappa shape index (κ1) is 9.37. The molecule has 0 saturated heterocycles. The molecule has 0 aliphatic rings. The molecule has 0 spiro atoms. The zero-order valence-electron chi connectivity index (χ0n) is 7.34. The summed E-state index contributed by atoms with van der Waals surface area (Å²) in [5.74, 6) is 0. The summed E-state index contributed by atoms with van der Waals surface area (Å²) >= 11 is 3.21. The highest BCUT2D eigenvalue weighted by atomic mass is 32.1. The van der Waals surface area contributed by atoms with E-state index >= 15 is 0 Å². The van der Waals surface area contributed by atoms with Crippen molar-refractivity contribution in [2.24, 2.45) is 0 Å². The summed E-state index contributed by atoms with van der Waals surface area (Å²) in [4.78, 5) is 13.6. The van der Waals surface area contributed by atoms with Gasteiger partial charge >= 0.3 is 0 Å². The molecule has 0 aromatic carbocycles. The minimum atomic E-state index is 0.774. The molecule has 0 radical (unpaired) electrons. The number of aldehydes is 1. The van der Waals surface area contributed by atoms with Crippen LogP contribution in [0.2, 0.25) is 0 Å². The van der Waals surface area contributed by atoms with Crippen LogP contribution in [0.25, 0.3) is 12.2 Å². The highest BCUT2D eigenvalue weighted by molar-refractivity contribution is 7.14. The van der Waals surface area contributed by atoms with Gasteiger partial charge in [-0.3, -0.25) is 4.79 Å². The van der Waals surface area contributed by atoms with E-state index < -0.39 is 0 Å². The van der Waals surface area contributed by atoms with Crippen LogP contribution in [-0.2, 0) is 0 Å². The summed E-state index contributed by atoms with van der Waals surface area (Å²) in [5, 5.41) is 2.05. The minimum absolute atomic E-state index is 0.774. The molecule has 3 heteroatoms. The van der Waals surface area contributed by atoms with Crippen LogP contribution in [0.3, 0.4) is 0 Å². The van der Waals surface area contributed by atoms with Crippen molar-refractivity contribution in [3.63, 3.8) is 0 Å². The van der Waals surface area contributed by atoms with Gasteiger partial charge in [0.15, 0.2) is 6.29 Å². The second kappa shape index (κ2) is 4.35. The average molecular weight is 220 g/mol. The van der Waals surface area contributed by atoms with Crippen LogP contribution in [-0.4, -0.2) is 6.29 Å². The first-order valence-electron chi connectivity index (χ1n) is 4.15. The fourth-order valence-electron chi connectivity index (χ4n) is 1.07. The van der Waals surface area contributed by atoms with Crippen LogP contribution in [0.5, 0.6) is 0 Å². The maximum atomic E-state index is 10.4. The zero-order valence-corrected chi connectivity index (χ0v) is 8.98. The highest BCUT2D eigenvalue weighted by Gasteiger charge is 1.94. The summed E-state index contributed by atoms with van der Waals surface area (Å²) in [6.07, 6.45) is 4.97. The molecule has 0 N–H and O–H groups in total. The summed E-state index contributed by atoms with van der Waals surface area (Å²) in [6, 6.07) is 7.88. The molecule has 2 aromatic heterocycles. The van der Waals surface area contributed by atoms with Gasteiger partial charge in [0.2, 0.25) is 0 Å². The van der Waals surface area contributed by atoms with Crippen LogP contribution >= 0.6 is 22.7 Å². The van der Waals surface area contributed by atoms with E-state index in [1.54, 1.807) is 11.3 Å². The molecule has 1 nitrogen and oxygen atoms in total. The molecule has 0 saturated carbocycles. The van der Waals surface area contributed by atoms with E-state index in [0.29, 0.717) is 0 Å². The molecule has 0 bridgehead atoms. The zero-order chi connectivity index (χ0) is 9.80. The van der Waals surface area contributed by atoms with E-state index in [-0.39, 0.29) is 0 Å². The quantitative estimate of drug-likeness (QED) is 0.719. The van der Waals surface area contributed by atoms with Crippen LogP contribution in [0, 0.1) is 0 Å². The van der Waals surface area contributed by atoms with Gasteiger partial charge in [-0.1, -0.05) is 6.07 Å². The number of rotatable bonds is 3. The van der Waals surface area contributed by atoms with Crippen molar-refractivity contribution in [1.82, 2.24) is 0 Å². The van der Waals surface area contributed by atoms with E-state index in [0.717, 1.165) is 16.0 Å². The first-order valence-corrected chi connectivity index (χ1v) is 5.85.